The Morgan fingerprint density at radius 3 is 2.60 bits per heavy atom. The molecule has 0 aliphatic heterocycles. The van der Waals surface area contributed by atoms with Crippen molar-refractivity contribution in [3.05, 3.63) is 35.5 Å². The first kappa shape index (κ1) is 14.2. The summed E-state index contributed by atoms with van der Waals surface area (Å²) >= 11 is 0. The summed E-state index contributed by atoms with van der Waals surface area (Å²) in [5, 5.41) is 7.76. The lowest BCUT2D eigenvalue weighted by atomic mass is 10.1. The minimum Gasteiger partial charge on any atom is -0.497 e. The van der Waals surface area contributed by atoms with Crippen LogP contribution in [-0.4, -0.2) is 23.4 Å². The van der Waals surface area contributed by atoms with Crippen molar-refractivity contribution in [3.63, 3.8) is 0 Å². The number of aromatic nitrogens is 2. The average molecular weight is 274 g/mol. The van der Waals surface area contributed by atoms with Crippen LogP contribution in [0.3, 0.4) is 0 Å². The van der Waals surface area contributed by atoms with E-state index in [1.165, 1.54) is 5.56 Å². The number of rotatable bonds is 6. The molecule has 5 nitrogen and oxygen atoms in total. The van der Waals surface area contributed by atoms with Gasteiger partial charge >= 0.3 is 0 Å². The van der Waals surface area contributed by atoms with Gasteiger partial charge in [0.2, 0.25) is 0 Å². The van der Waals surface area contributed by atoms with E-state index in [1.54, 1.807) is 7.11 Å². The molecule has 20 heavy (non-hydrogen) atoms. The molecule has 0 aliphatic rings. The standard InChI is InChI=1S/C15H22N4O/c1-4-19-15(14(16)11(2)18-19)17-10-9-12-5-7-13(20-3)8-6-12/h5-8,17H,4,9-10,16H2,1-3H3. The summed E-state index contributed by atoms with van der Waals surface area (Å²) in [7, 11) is 1.67. The van der Waals surface area contributed by atoms with Gasteiger partial charge in [0, 0.05) is 13.1 Å². The number of nitrogens with one attached hydrogen (secondary N) is 1. The molecule has 1 heterocycles. The van der Waals surface area contributed by atoms with E-state index < -0.39 is 0 Å². The zero-order valence-electron chi connectivity index (χ0n) is 12.3. The second-order valence-electron chi connectivity index (χ2n) is 4.69. The minimum absolute atomic E-state index is 0.738. The van der Waals surface area contributed by atoms with E-state index in [0.717, 1.165) is 42.5 Å². The van der Waals surface area contributed by atoms with Crippen molar-refractivity contribution in [2.24, 2.45) is 0 Å². The number of nitrogens with two attached hydrogens (primary N) is 1. The number of anilines is 2. The lowest BCUT2D eigenvalue weighted by molar-refractivity contribution is 0.414. The predicted octanol–water partition coefficient (Wildman–Crippen LogP) is 2.46. The first-order chi connectivity index (χ1) is 9.65. The van der Waals surface area contributed by atoms with Crippen molar-refractivity contribution in [2.45, 2.75) is 26.8 Å². The highest BCUT2D eigenvalue weighted by Gasteiger charge is 2.10. The van der Waals surface area contributed by atoms with Gasteiger partial charge in [-0.2, -0.15) is 5.10 Å². The highest BCUT2D eigenvalue weighted by Crippen LogP contribution is 2.22. The lowest BCUT2D eigenvalue weighted by Gasteiger charge is -2.09. The number of hydrogen-bond acceptors (Lipinski definition) is 4. The summed E-state index contributed by atoms with van der Waals surface area (Å²) < 4.78 is 7.05. The molecule has 108 valence electrons. The van der Waals surface area contributed by atoms with Crippen LogP contribution in [0.5, 0.6) is 5.75 Å². The molecule has 0 saturated heterocycles. The highest BCUT2D eigenvalue weighted by molar-refractivity contribution is 5.64. The SMILES string of the molecule is CCn1nc(C)c(N)c1NCCc1ccc(OC)cc1. The third-order valence-corrected chi connectivity index (χ3v) is 3.34. The molecule has 1 aromatic carbocycles. The van der Waals surface area contributed by atoms with Crippen molar-refractivity contribution in [1.29, 1.82) is 0 Å². The van der Waals surface area contributed by atoms with E-state index >= 15 is 0 Å². The van der Waals surface area contributed by atoms with Crippen LogP contribution >= 0.6 is 0 Å². The van der Waals surface area contributed by atoms with Gasteiger partial charge in [-0.05, 0) is 38.0 Å². The van der Waals surface area contributed by atoms with Gasteiger partial charge in [-0.3, -0.25) is 0 Å². The van der Waals surface area contributed by atoms with Crippen molar-refractivity contribution in [1.82, 2.24) is 9.78 Å². The number of hydrogen-bond donors (Lipinski definition) is 2. The normalized spacial score (nSPS) is 10.6. The first-order valence-corrected chi connectivity index (χ1v) is 6.85. The molecule has 0 bridgehead atoms. The Hall–Kier alpha value is -2.17. The van der Waals surface area contributed by atoms with Gasteiger partial charge < -0.3 is 15.8 Å². The van der Waals surface area contributed by atoms with E-state index in [-0.39, 0.29) is 0 Å². The molecule has 0 amide bonds. The summed E-state index contributed by atoms with van der Waals surface area (Å²) in [6, 6.07) is 8.10. The molecule has 1 aromatic heterocycles. The van der Waals surface area contributed by atoms with Crippen LogP contribution in [0.1, 0.15) is 18.2 Å². The van der Waals surface area contributed by atoms with E-state index in [0.29, 0.717) is 0 Å². The highest BCUT2D eigenvalue weighted by atomic mass is 16.5. The second-order valence-corrected chi connectivity index (χ2v) is 4.69. The quantitative estimate of drug-likeness (QED) is 0.849. The summed E-state index contributed by atoms with van der Waals surface area (Å²) in [6.07, 6.45) is 0.928. The first-order valence-electron chi connectivity index (χ1n) is 6.85. The van der Waals surface area contributed by atoms with E-state index in [9.17, 15) is 0 Å². The Morgan fingerprint density at radius 2 is 2.00 bits per heavy atom. The molecular weight excluding hydrogens is 252 g/mol. The summed E-state index contributed by atoms with van der Waals surface area (Å²) in [4.78, 5) is 0. The maximum atomic E-state index is 6.03. The smallest absolute Gasteiger partial charge is 0.148 e. The molecule has 0 atom stereocenters. The van der Waals surface area contributed by atoms with Gasteiger partial charge in [0.05, 0.1) is 18.5 Å². The van der Waals surface area contributed by atoms with Crippen molar-refractivity contribution < 1.29 is 4.74 Å². The Labute approximate surface area is 119 Å². The fourth-order valence-electron chi connectivity index (χ4n) is 2.13. The van der Waals surface area contributed by atoms with Gasteiger partial charge in [0.15, 0.2) is 0 Å². The fourth-order valence-corrected chi connectivity index (χ4v) is 2.13. The van der Waals surface area contributed by atoms with Crippen LogP contribution in [0.4, 0.5) is 11.5 Å². The molecule has 5 heteroatoms. The molecule has 0 fully saturated rings. The Morgan fingerprint density at radius 1 is 1.30 bits per heavy atom. The van der Waals surface area contributed by atoms with E-state index in [2.05, 4.69) is 29.5 Å². The summed E-state index contributed by atoms with van der Waals surface area (Å²) in [5.74, 6) is 1.80. The summed E-state index contributed by atoms with van der Waals surface area (Å²) in [5.41, 5.74) is 8.91. The van der Waals surface area contributed by atoms with Crippen LogP contribution < -0.4 is 15.8 Å². The van der Waals surface area contributed by atoms with Gasteiger partial charge in [0.25, 0.3) is 0 Å². The number of nitrogen functional groups attached to an aromatic ring is 1. The number of methoxy groups -OCH3 is 1. The molecule has 2 aromatic rings. The van der Waals surface area contributed by atoms with Crippen LogP contribution in [-0.2, 0) is 13.0 Å². The van der Waals surface area contributed by atoms with Crippen molar-refractivity contribution in [3.8, 4) is 5.75 Å². The number of ether oxygens (including phenoxy) is 1. The molecule has 0 aliphatic carbocycles. The Balaban J connectivity index is 1.95. The Kier molecular flexibility index (Phi) is 4.50. The van der Waals surface area contributed by atoms with E-state index in [1.807, 2.05) is 23.7 Å². The van der Waals surface area contributed by atoms with Gasteiger partial charge in [-0.15, -0.1) is 0 Å². The second kappa shape index (κ2) is 6.32. The monoisotopic (exact) mass is 274 g/mol. The molecule has 3 N–H and O–H groups in total. The maximum absolute atomic E-state index is 6.03. The number of aryl methyl sites for hydroxylation is 2. The van der Waals surface area contributed by atoms with E-state index in [4.69, 9.17) is 10.5 Å². The molecule has 0 saturated carbocycles. The van der Waals surface area contributed by atoms with Crippen LogP contribution in [0.15, 0.2) is 24.3 Å². The predicted molar refractivity (Wildman–Crippen MR) is 82.2 cm³/mol. The molecule has 0 unspecified atom stereocenters. The third-order valence-electron chi connectivity index (χ3n) is 3.34. The third kappa shape index (κ3) is 3.04. The molecular formula is C15H22N4O. The van der Waals surface area contributed by atoms with Crippen LogP contribution in [0.25, 0.3) is 0 Å². The maximum Gasteiger partial charge on any atom is 0.148 e. The largest absolute Gasteiger partial charge is 0.497 e. The van der Waals surface area contributed by atoms with Gasteiger partial charge in [0.1, 0.15) is 11.6 Å². The fraction of sp³-hybridized carbons (Fsp3) is 0.400. The van der Waals surface area contributed by atoms with Crippen LogP contribution in [0.2, 0.25) is 0 Å². The minimum atomic E-state index is 0.738. The topological polar surface area (TPSA) is 65.1 Å². The lowest BCUT2D eigenvalue weighted by Crippen LogP contribution is -2.11. The average Bonchev–Trinajstić information content (AvgIpc) is 2.75. The summed E-state index contributed by atoms with van der Waals surface area (Å²) in [6.45, 7) is 5.61. The number of nitrogens with zero attached hydrogens (tertiary/aromatic N) is 2. The van der Waals surface area contributed by atoms with Gasteiger partial charge in [-0.1, -0.05) is 12.1 Å². The Bertz CT molecular complexity index is 560. The van der Waals surface area contributed by atoms with Crippen molar-refractivity contribution >= 4 is 11.5 Å². The van der Waals surface area contributed by atoms with Crippen LogP contribution in [0, 0.1) is 6.92 Å². The molecule has 0 radical (unpaired) electrons. The molecule has 0 spiro atoms. The number of benzene rings is 1. The van der Waals surface area contributed by atoms with Crippen molar-refractivity contribution in [2.75, 3.05) is 24.7 Å². The zero-order chi connectivity index (χ0) is 14.5. The zero-order valence-corrected chi connectivity index (χ0v) is 12.3. The molecule has 2 rings (SSSR count). The van der Waals surface area contributed by atoms with Gasteiger partial charge in [-0.25, -0.2) is 4.68 Å².